The lowest BCUT2D eigenvalue weighted by molar-refractivity contribution is 0.337. The number of aromatic nitrogens is 2. The van der Waals surface area contributed by atoms with Crippen molar-refractivity contribution < 1.29 is 0 Å². The minimum absolute atomic E-state index is 0.522. The zero-order valence-electron chi connectivity index (χ0n) is 11.8. The second-order valence-corrected chi connectivity index (χ2v) is 7.53. The summed E-state index contributed by atoms with van der Waals surface area (Å²) in [6.45, 7) is 1.13. The molecule has 2 fully saturated rings. The molecule has 0 aliphatic heterocycles. The molecule has 2 aromatic rings. The number of rotatable bonds is 4. The van der Waals surface area contributed by atoms with Gasteiger partial charge in [0, 0.05) is 25.2 Å². The topological polar surface area (TPSA) is 20.5 Å². The lowest BCUT2D eigenvalue weighted by Gasteiger charge is -2.27. The van der Waals surface area contributed by atoms with E-state index in [0.717, 1.165) is 40.8 Å². The van der Waals surface area contributed by atoms with E-state index in [1.165, 1.54) is 25.7 Å². The third-order valence-corrected chi connectivity index (χ3v) is 6.23. The molecule has 3 unspecified atom stereocenters. The zero-order valence-corrected chi connectivity index (χ0v) is 13.3. The van der Waals surface area contributed by atoms with Crippen LogP contribution >= 0.6 is 22.9 Å². The Balaban J connectivity index is 1.57. The van der Waals surface area contributed by atoms with E-state index in [9.17, 15) is 0 Å². The van der Waals surface area contributed by atoms with Gasteiger partial charge in [-0.15, -0.1) is 22.9 Å². The maximum atomic E-state index is 6.15. The van der Waals surface area contributed by atoms with Crippen LogP contribution in [0, 0.1) is 17.8 Å². The van der Waals surface area contributed by atoms with Gasteiger partial charge in [0.2, 0.25) is 0 Å². The molecule has 0 amide bonds. The molecule has 2 bridgehead atoms. The first kappa shape index (κ1) is 13.0. The first-order valence-corrected chi connectivity index (χ1v) is 8.89. The summed E-state index contributed by atoms with van der Waals surface area (Å²) in [6, 6.07) is 0. The summed E-state index contributed by atoms with van der Waals surface area (Å²) in [5.74, 6) is 4.44. The van der Waals surface area contributed by atoms with Gasteiger partial charge in [0.1, 0.15) is 0 Å². The van der Waals surface area contributed by atoms with Gasteiger partial charge >= 0.3 is 0 Å². The number of fused-ring (bicyclic) bond motifs is 3. The highest BCUT2D eigenvalue weighted by molar-refractivity contribution is 7.15. The quantitative estimate of drug-likeness (QED) is 0.796. The maximum absolute atomic E-state index is 6.15. The van der Waals surface area contributed by atoms with Gasteiger partial charge in [0.15, 0.2) is 10.8 Å². The molecular weight excluding hydrogens is 290 g/mol. The molecule has 0 saturated heterocycles. The van der Waals surface area contributed by atoms with Gasteiger partial charge in [-0.1, -0.05) is 6.42 Å². The Morgan fingerprint density at radius 2 is 2.35 bits per heavy atom. The third kappa shape index (κ3) is 1.96. The number of alkyl halides is 1. The lowest BCUT2D eigenvalue weighted by atomic mass is 9.88. The van der Waals surface area contributed by atoms with Crippen molar-refractivity contribution >= 4 is 33.7 Å². The molecule has 0 N–H and O–H groups in total. The molecule has 5 heteroatoms. The molecule has 0 radical (unpaired) electrons. The van der Waals surface area contributed by atoms with Gasteiger partial charge < -0.3 is 4.90 Å². The first-order chi connectivity index (χ1) is 9.76. The molecular formula is C15H20ClN3S. The van der Waals surface area contributed by atoms with Crippen molar-refractivity contribution in [3.05, 3.63) is 17.3 Å². The van der Waals surface area contributed by atoms with E-state index in [0.29, 0.717) is 5.88 Å². The van der Waals surface area contributed by atoms with Gasteiger partial charge in [0.25, 0.3) is 0 Å². The Kier molecular flexibility index (Phi) is 3.19. The lowest BCUT2D eigenvalue weighted by Crippen LogP contribution is -2.29. The maximum Gasteiger partial charge on any atom is 0.195 e. The summed E-state index contributed by atoms with van der Waals surface area (Å²) >= 11 is 7.83. The molecule has 4 rings (SSSR count). The fourth-order valence-electron chi connectivity index (χ4n) is 4.29. The van der Waals surface area contributed by atoms with Crippen LogP contribution in [0.3, 0.4) is 0 Å². The van der Waals surface area contributed by atoms with E-state index in [4.69, 9.17) is 16.6 Å². The normalized spacial score (nSPS) is 28.6. The number of anilines is 1. The second-order valence-electron chi connectivity index (χ2n) is 6.39. The van der Waals surface area contributed by atoms with Gasteiger partial charge in [-0.25, -0.2) is 4.98 Å². The third-order valence-electron chi connectivity index (χ3n) is 5.22. The number of hydrogen-bond donors (Lipinski definition) is 0. The summed E-state index contributed by atoms with van der Waals surface area (Å²) in [7, 11) is 2.18. The van der Waals surface area contributed by atoms with Crippen molar-refractivity contribution in [2.45, 2.75) is 31.6 Å². The molecule has 108 valence electrons. The van der Waals surface area contributed by atoms with E-state index in [-0.39, 0.29) is 0 Å². The Hall–Kier alpha value is -0.740. The van der Waals surface area contributed by atoms with Crippen molar-refractivity contribution in [2.75, 3.05) is 18.5 Å². The van der Waals surface area contributed by atoms with Crippen LogP contribution in [0.2, 0.25) is 0 Å². The molecule has 2 aliphatic carbocycles. The van der Waals surface area contributed by atoms with Gasteiger partial charge in [-0.2, -0.15) is 0 Å². The van der Waals surface area contributed by atoms with Gasteiger partial charge in [0.05, 0.1) is 11.6 Å². The SMILES string of the molecule is CN(CC1CC2CCC1C2)c1nc2sccn2c1CCl. The van der Waals surface area contributed by atoms with Crippen molar-refractivity contribution in [1.82, 2.24) is 9.38 Å². The highest BCUT2D eigenvalue weighted by Crippen LogP contribution is 2.48. The smallest absolute Gasteiger partial charge is 0.195 e. The number of imidazole rings is 1. The Bertz CT molecular complexity index is 620. The minimum atomic E-state index is 0.522. The zero-order chi connectivity index (χ0) is 13.7. The molecule has 0 spiro atoms. The predicted octanol–water partition coefficient (Wildman–Crippen LogP) is 4.01. The number of halogens is 1. The highest BCUT2D eigenvalue weighted by Gasteiger charge is 2.40. The molecule has 2 heterocycles. The number of thiazole rings is 1. The average molecular weight is 310 g/mol. The minimum Gasteiger partial charge on any atom is -0.358 e. The van der Waals surface area contributed by atoms with Crippen LogP contribution in [0.1, 0.15) is 31.4 Å². The van der Waals surface area contributed by atoms with Crippen LogP contribution in [0.5, 0.6) is 0 Å². The van der Waals surface area contributed by atoms with Crippen molar-refractivity contribution in [3.63, 3.8) is 0 Å². The van der Waals surface area contributed by atoms with Crippen molar-refractivity contribution in [2.24, 2.45) is 17.8 Å². The summed E-state index contributed by atoms with van der Waals surface area (Å²) in [4.78, 5) is 8.16. The summed E-state index contributed by atoms with van der Waals surface area (Å²) in [5, 5.41) is 2.07. The standard InChI is InChI=1S/C15H20ClN3S/c1-18(9-12-7-10-2-3-11(12)6-10)14-13(8-16)19-4-5-20-15(19)17-14/h4-5,10-12H,2-3,6-9H2,1H3. The Morgan fingerprint density at radius 1 is 1.45 bits per heavy atom. The summed E-state index contributed by atoms with van der Waals surface area (Å²) < 4.78 is 2.13. The molecule has 2 aliphatic rings. The summed E-state index contributed by atoms with van der Waals surface area (Å²) in [6.07, 6.45) is 7.88. The fourth-order valence-corrected chi connectivity index (χ4v) is 5.27. The number of nitrogens with zero attached hydrogens (tertiary/aromatic N) is 3. The highest BCUT2D eigenvalue weighted by atomic mass is 35.5. The van der Waals surface area contributed by atoms with Crippen LogP contribution in [-0.2, 0) is 5.88 Å². The largest absolute Gasteiger partial charge is 0.358 e. The predicted molar refractivity (Wildman–Crippen MR) is 84.8 cm³/mol. The van der Waals surface area contributed by atoms with Crippen molar-refractivity contribution in [1.29, 1.82) is 0 Å². The van der Waals surface area contributed by atoms with Crippen LogP contribution in [-0.4, -0.2) is 23.0 Å². The van der Waals surface area contributed by atoms with Crippen LogP contribution in [0.25, 0.3) is 4.96 Å². The average Bonchev–Trinajstić information content (AvgIpc) is 3.17. The molecule has 0 aromatic carbocycles. The van der Waals surface area contributed by atoms with Gasteiger partial charge in [-0.05, 0) is 37.0 Å². The van der Waals surface area contributed by atoms with Crippen LogP contribution in [0.15, 0.2) is 11.6 Å². The molecule has 3 atom stereocenters. The fraction of sp³-hybridized carbons (Fsp3) is 0.667. The first-order valence-electron chi connectivity index (χ1n) is 7.47. The summed E-state index contributed by atoms with van der Waals surface area (Å²) in [5.41, 5.74) is 1.13. The monoisotopic (exact) mass is 309 g/mol. The second kappa shape index (κ2) is 4.92. The van der Waals surface area contributed by atoms with Crippen molar-refractivity contribution in [3.8, 4) is 0 Å². The van der Waals surface area contributed by atoms with Gasteiger partial charge in [-0.3, -0.25) is 4.40 Å². The Labute approximate surface area is 128 Å². The van der Waals surface area contributed by atoms with E-state index >= 15 is 0 Å². The molecule has 2 saturated carbocycles. The van der Waals surface area contributed by atoms with Crippen LogP contribution < -0.4 is 4.90 Å². The molecule has 20 heavy (non-hydrogen) atoms. The van der Waals surface area contributed by atoms with Crippen LogP contribution in [0.4, 0.5) is 5.82 Å². The Morgan fingerprint density at radius 3 is 3.05 bits per heavy atom. The number of hydrogen-bond acceptors (Lipinski definition) is 3. The van der Waals surface area contributed by atoms with E-state index in [2.05, 4.69) is 27.9 Å². The van der Waals surface area contributed by atoms with E-state index < -0.39 is 0 Å². The van der Waals surface area contributed by atoms with E-state index in [1.807, 2.05) is 0 Å². The molecule has 3 nitrogen and oxygen atoms in total. The molecule has 2 aromatic heterocycles. The van der Waals surface area contributed by atoms with E-state index in [1.54, 1.807) is 11.3 Å².